The molecule has 104 valence electrons. The Kier molecular flexibility index (Phi) is 3.68. The van der Waals surface area contributed by atoms with Gasteiger partial charge in [0.25, 0.3) is 0 Å². The molecule has 3 rings (SSSR count). The van der Waals surface area contributed by atoms with Crippen LogP contribution in [0, 0.1) is 0 Å². The zero-order chi connectivity index (χ0) is 14.8. The minimum absolute atomic E-state index is 0.252. The highest BCUT2D eigenvalue weighted by atomic mass is 35.5. The molecule has 2 heterocycles. The first-order chi connectivity index (χ1) is 10.1. The third kappa shape index (κ3) is 2.79. The molecule has 2 aromatic heterocycles. The number of rotatable bonds is 3. The van der Waals surface area contributed by atoms with Crippen molar-refractivity contribution in [2.24, 2.45) is 0 Å². The van der Waals surface area contributed by atoms with E-state index in [1.54, 1.807) is 42.6 Å². The van der Waals surface area contributed by atoms with Gasteiger partial charge >= 0.3 is 5.97 Å². The maximum atomic E-state index is 10.8. The molecule has 0 fully saturated rings. The van der Waals surface area contributed by atoms with E-state index in [0.29, 0.717) is 10.7 Å². The van der Waals surface area contributed by atoms with Gasteiger partial charge in [0, 0.05) is 17.1 Å². The maximum Gasteiger partial charge on any atom is 0.335 e. The van der Waals surface area contributed by atoms with Gasteiger partial charge in [0.15, 0.2) is 0 Å². The number of nitrogens with zero attached hydrogens (tertiary/aromatic N) is 2. The third-order valence-electron chi connectivity index (χ3n) is 2.89. The van der Waals surface area contributed by atoms with Gasteiger partial charge in [-0.2, -0.15) is 0 Å². The minimum Gasteiger partial charge on any atom is -0.478 e. The van der Waals surface area contributed by atoms with Gasteiger partial charge in [0.05, 0.1) is 16.3 Å². The summed E-state index contributed by atoms with van der Waals surface area (Å²) < 4.78 is 0. The van der Waals surface area contributed by atoms with Crippen molar-refractivity contribution < 1.29 is 9.90 Å². The van der Waals surface area contributed by atoms with Crippen molar-refractivity contribution in [3.05, 3.63) is 58.6 Å². The number of benzene rings is 1. The van der Waals surface area contributed by atoms with Crippen LogP contribution in [0.2, 0.25) is 5.02 Å². The Labute approximate surface area is 129 Å². The molecule has 0 atom stereocenters. The summed E-state index contributed by atoms with van der Waals surface area (Å²) in [6, 6.07) is 10.1. The van der Waals surface area contributed by atoms with E-state index in [-0.39, 0.29) is 5.56 Å². The van der Waals surface area contributed by atoms with E-state index in [2.05, 4.69) is 9.97 Å². The summed E-state index contributed by atoms with van der Waals surface area (Å²) in [5, 5.41) is 12.1. The molecule has 4 nitrogen and oxygen atoms in total. The van der Waals surface area contributed by atoms with Crippen LogP contribution in [0.1, 0.15) is 10.4 Å². The quantitative estimate of drug-likeness (QED) is 0.785. The number of halogens is 1. The molecule has 0 radical (unpaired) electrons. The Bertz CT molecular complexity index is 799. The predicted octanol–water partition coefficient (Wildman–Crippen LogP) is 4.22. The highest BCUT2D eigenvalue weighted by molar-refractivity contribution is 7.13. The average Bonchev–Trinajstić information content (AvgIpc) is 2.97. The first kappa shape index (κ1) is 13.7. The number of pyridine rings is 1. The first-order valence-corrected chi connectivity index (χ1v) is 7.31. The molecular weight excluding hydrogens is 308 g/mol. The Morgan fingerprint density at radius 1 is 1.19 bits per heavy atom. The van der Waals surface area contributed by atoms with E-state index in [0.717, 1.165) is 16.3 Å². The van der Waals surface area contributed by atoms with Gasteiger partial charge in [0.2, 0.25) is 0 Å². The highest BCUT2D eigenvalue weighted by Gasteiger charge is 2.11. The number of hydrogen-bond acceptors (Lipinski definition) is 4. The zero-order valence-corrected chi connectivity index (χ0v) is 12.2. The lowest BCUT2D eigenvalue weighted by Gasteiger charge is -1.99. The van der Waals surface area contributed by atoms with Crippen LogP contribution in [0.4, 0.5) is 0 Å². The molecule has 0 unspecified atom stereocenters. The van der Waals surface area contributed by atoms with E-state index in [1.807, 2.05) is 5.38 Å². The predicted molar refractivity (Wildman–Crippen MR) is 82.8 cm³/mol. The Hall–Kier alpha value is -2.24. The van der Waals surface area contributed by atoms with Crippen LogP contribution < -0.4 is 0 Å². The van der Waals surface area contributed by atoms with Crippen LogP contribution in [0.5, 0.6) is 0 Å². The van der Waals surface area contributed by atoms with Gasteiger partial charge in [-0.1, -0.05) is 23.7 Å². The van der Waals surface area contributed by atoms with E-state index >= 15 is 0 Å². The minimum atomic E-state index is -0.944. The molecule has 0 saturated heterocycles. The maximum absolute atomic E-state index is 10.8. The number of aromatic carboxylic acids is 1. The Morgan fingerprint density at radius 3 is 2.62 bits per heavy atom. The van der Waals surface area contributed by atoms with Gasteiger partial charge < -0.3 is 5.11 Å². The molecule has 0 bridgehead atoms. The van der Waals surface area contributed by atoms with Crippen molar-refractivity contribution in [3.8, 4) is 22.0 Å². The number of carbonyl (C=O) groups is 1. The second-order valence-corrected chi connectivity index (χ2v) is 5.52. The molecule has 0 aliphatic rings. The van der Waals surface area contributed by atoms with Gasteiger partial charge in [-0.05, 0) is 24.3 Å². The van der Waals surface area contributed by atoms with Crippen molar-refractivity contribution in [1.29, 1.82) is 0 Å². The fourth-order valence-corrected chi connectivity index (χ4v) is 2.95. The third-order valence-corrected chi connectivity index (χ3v) is 4.05. The van der Waals surface area contributed by atoms with Crippen LogP contribution in [0.25, 0.3) is 22.0 Å². The van der Waals surface area contributed by atoms with Crippen LogP contribution in [-0.4, -0.2) is 21.0 Å². The molecule has 0 aliphatic heterocycles. The molecule has 0 saturated carbocycles. The second-order valence-electron chi connectivity index (χ2n) is 4.25. The van der Waals surface area contributed by atoms with Gasteiger partial charge in [-0.3, -0.25) is 4.98 Å². The summed E-state index contributed by atoms with van der Waals surface area (Å²) >= 11 is 7.56. The molecule has 21 heavy (non-hydrogen) atoms. The largest absolute Gasteiger partial charge is 0.478 e. The van der Waals surface area contributed by atoms with E-state index in [4.69, 9.17) is 16.7 Å². The van der Waals surface area contributed by atoms with Gasteiger partial charge in [-0.25, -0.2) is 9.78 Å². The molecule has 3 aromatic rings. The van der Waals surface area contributed by atoms with E-state index < -0.39 is 5.97 Å². The topological polar surface area (TPSA) is 63.1 Å². The number of hydrogen-bond donors (Lipinski definition) is 1. The van der Waals surface area contributed by atoms with Crippen molar-refractivity contribution in [2.75, 3.05) is 0 Å². The zero-order valence-electron chi connectivity index (χ0n) is 10.7. The summed E-state index contributed by atoms with van der Waals surface area (Å²) in [5.74, 6) is -0.944. The number of carboxylic acid groups (broad SMARTS) is 1. The van der Waals surface area contributed by atoms with Crippen molar-refractivity contribution >= 4 is 28.9 Å². The lowest BCUT2D eigenvalue weighted by Crippen LogP contribution is -1.94. The smallest absolute Gasteiger partial charge is 0.335 e. The normalized spacial score (nSPS) is 10.5. The fraction of sp³-hybridized carbons (Fsp3) is 0. The molecule has 1 N–H and O–H groups in total. The van der Waals surface area contributed by atoms with Crippen LogP contribution >= 0.6 is 22.9 Å². The molecule has 0 aliphatic carbocycles. The molecular formula is C15H9ClN2O2S. The summed E-state index contributed by atoms with van der Waals surface area (Å²) in [5.41, 5.74) is 2.53. The lowest BCUT2D eigenvalue weighted by molar-refractivity contribution is 0.0697. The SMILES string of the molecule is O=C(O)c1ccc(-c2csc(-c3ncccc3Cl)n2)cc1. The molecule has 1 aromatic carbocycles. The standard InChI is InChI=1S/C15H9ClN2O2S/c16-11-2-1-7-17-13(11)14-18-12(8-21-14)9-3-5-10(6-4-9)15(19)20/h1-8H,(H,19,20). The summed E-state index contributed by atoms with van der Waals surface area (Å²) in [4.78, 5) is 19.6. The number of aromatic nitrogens is 2. The van der Waals surface area contributed by atoms with Crippen molar-refractivity contribution in [2.45, 2.75) is 0 Å². The van der Waals surface area contributed by atoms with Crippen LogP contribution in [0.15, 0.2) is 48.0 Å². The van der Waals surface area contributed by atoms with Crippen LogP contribution in [-0.2, 0) is 0 Å². The first-order valence-electron chi connectivity index (χ1n) is 6.05. The van der Waals surface area contributed by atoms with Gasteiger partial charge in [-0.15, -0.1) is 11.3 Å². The number of carboxylic acids is 1. The molecule has 6 heteroatoms. The van der Waals surface area contributed by atoms with E-state index in [9.17, 15) is 4.79 Å². The Balaban J connectivity index is 1.95. The number of thiazole rings is 1. The molecule has 0 amide bonds. The summed E-state index contributed by atoms with van der Waals surface area (Å²) in [6.07, 6.45) is 1.67. The van der Waals surface area contributed by atoms with Gasteiger partial charge in [0.1, 0.15) is 10.7 Å². The second kappa shape index (κ2) is 5.63. The fourth-order valence-electron chi connectivity index (χ4n) is 1.84. The van der Waals surface area contributed by atoms with Crippen molar-refractivity contribution in [3.63, 3.8) is 0 Å². The van der Waals surface area contributed by atoms with E-state index in [1.165, 1.54) is 11.3 Å². The summed E-state index contributed by atoms with van der Waals surface area (Å²) in [6.45, 7) is 0. The monoisotopic (exact) mass is 316 g/mol. The highest BCUT2D eigenvalue weighted by Crippen LogP contribution is 2.31. The van der Waals surface area contributed by atoms with Crippen LogP contribution in [0.3, 0.4) is 0 Å². The lowest BCUT2D eigenvalue weighted by atomic mass is 10.1. The summed E-state index contributed by atoms with van der Waals surface area (Å²) in [7, 11) is 0. The Morgan fingerprint density at radius 2 is 1.95 bits per heavy atom. The average molecular weight is 317 g/mol. The van der Waals surface area contributed by atoms with Crippen molar-refractivity contribution in [1.82, 2.24) is 9.97 Å². The molecule has 0 spiro atoms.